The lowest BCUT2D eigenvalue weighted by Gasteiger charge is -2.02. The molecule has 1 aliphatic rings. The van der Waals surface area contributed by atoms with Gasteiger partial charge in [0.25, 0.3) is 0 Å². The van der Waals surface area contributed by atoms with E-state index in [-0.39, 0.29) is 0 Å². The number of hydrogen-bond donors (Lipinski definition) is 1. The van der Waals surface area contributed by atoms with Gasteiger partial charge in [-0.25, -0.2) is 4.99 Å². The monoisotopic (exact) mass is 283 g/mol. The minimum Gasteiger partial charge on any atom is -0.442 e. The van der Waals surface area contributed by atoms with E-state index in [0.717, 1.165) is 10.4 Å². The van der Waals surface area contributed by atoms with Crippen LogP contribution in [0.4, 0.5) is 0 Å². The molecule has 0 spiro atoms. The fourth-order valence-corrected chi connectivity index (χ4v) is 2.47. The van der Waals surface area contributed by atoms with Crippen LogP contribution in [0.1, 0.15) is 10.4 Å². The van der Waals surface area contributed by atoms with Crippen molar-refractivity contribution in [1.82, 2.24) is 0 Å². The molecular formula is C16H13NO2S. The van der Waals surface area contributed by atoms with Crippen LogP contribution in [-0.2, 0) is 4.74 Å². The Morgan fingerprint density at radius 1 is 1.10 bits per heavy atom. The van der Waals surface area contributed by atoms with Crippen LogP contribution in [-0.4, -0.2) is 17.3 Å². The number of benzene rings is 1. The van der Waals surface area contributed by atoms with Gasteiger partial charge in [0.15, 0.2) is 0 Å². The van der Waals surface area contributed by atoms with Crippen molar-refractivity contribution in [3.63, 3.8) is 0 Å². The zero-order chi connectivity index (χ0) is 13.8. The molecule has 0 saturated heterocycles. The topological polar surface area (TPSA) is 41.8 Å². The number of aliphatic hydroxyl groups is 1. The van der Waals surface area contributed by atoms with Crippen LogP contribution in [0, 0.1) is 0 Å². The van der Waals surface area contributed by atoms with Crippen LogP contribution in [0.2, 0.25) is 0 Å². The summed E-state index contributed by atoms with van der Waals surface area (Å²) in [5, 5.41) is 11.8. The van der Waals surface area contributed by atoms with E-state index < -0.39 is 6.29 Å². The molecule has 1 aliphatic heterocycles. The van der Waals surface area contributed by atoms with Gasteiger partial charge in [-0.15, -0.1) is 11.3 Å². The molecule has 0 aliphatic carbocycles. The highest BCUT2D eigenvalue weighted by Gasteiger charge is 2.21. The molecule has 1 aromatic heterocycles. The molecule has 0 amide bonds. The second kappa shape index (κ2) is 5.86. The van der Waals surface area contributed by atoms with E-state index in [9.17, 15) is 5.11 Å². The third-order valence-corrected chi connectivity index (χ3v) is 3.60. The summed E-state index contributed by atoms with van der Waals surface area (Å²) in [6.45, 7) is 0. The number of thiophene rings is 1. The average molecular weight is 283 g/mol. The third-order valence-electron chi connectivity index (χ3n) is 2.78. The summed E-state index contributed by atoms with van der Waals surface area (Å²) >= 11 is 1.59. The van der Waals surface area contributed by atoms with Crippen molar-refractivity contribution in [2.24, 2.45) is 4.99 Å². The minimum absolute atomic E-state index is 0.421. The zero-order valence-electron chi connectivity index (χ0n) is 10.6. The molecule has 1 atom stereocenters. The maximum absolute atomic E-state index is 9.82. The summed E-state index contributed by atoms with van der Waals surface area (Å²) in [4.78, 5) is 5.33. The van der Waals surface area contributed by atoms with Gasteiger partial charge in [0.05, 0.1) is 0 Å². The van der Waals surface area contributed by atoms with Crippen molar-refractivity contribution in [2.75, 3.05) is 0 Å². The lowest BCUT2D eigenvalue weighted by atomic mass is 10.2. The predicted octanol–water partition coefficient (Wildman–Crippen LogP) is 3.55. The Kier molecular flexibility index (Phi) is 3.76. The molecule has 2 aromatic rings. The summed E-state index contributed by atoms with van der Waals surface area (Å²) in [6, 6.07) is 13.8. The normalized spacial score (nSPS) is 20.4. The van der Waals surface area contributed by atoms with Gasteiger partial charge in [-0.3, -0.25) is 0 Å². The second-order valence-electron chi connectivity index (χ2n) is 4.25. The largest absolute Gasteiger partial charge is 0.442 e. The Morgan fingerprint density at radius 3 is 2.70 bits per heavy atom. The molecule has 3 nitrogen and oxygen atoms in total. The highest BCUT2D eigenvalue weighted by Crippen LogP contribution is 2.21. The zero-order valence-corrected chi connectivity index (χ0v) is 11.5. The van der Waals surface area contributed by atoms with Gasteiger partial charge < -0.3 is 9.84 Å². The summed E-state index contributed by atoms with van der Waals surface area (Å²) in [5.41, 5.74) is 1.59. The van der Waals surface area contributed by atoms with E-state index in [2.05, 4.69) is 4.99 Å². The maximum Gasteiger partial charge on any atom is 0.243 e. The van der Waals surface area contributed by atoms with E-state index in [4.69, 9.17) is 4.74 Å². The first-order valence-corrected chi connectivity index (χ1v) is 7.11. The summed E-state index contributed by atoms with van der Waals surface area (Å²) in [5.74, 6) is 0.421. The van der Waals surface area contributed by atoms with E-state index in [1.807, 2.05) is 60.0 Å². The van der Waals surface area contributed by atoms with Crippen LogP contribution < -0.4 is 0 Å². The fourth-order valence-electron chi connectivity index (χ4n) is 1.81. The first-order chi connectivity index (χ1) is 9.81. The molecule has 3 rings (SSSR count). The number of ether oxygens (including phenoxy) is 1. The van der Waals surface area contributed by atoms with E-state index >= 15 is 0 Å². The molecule has 1 unspecified atom stereocenters. The van der Waals surface area contributed by atoms with Crippen molar-refractivity contribution in [3.05, 3.63) is 70.1 Å². The lowest BCUT2D eigenvalue weighted by Crippen LogP contribution is -2.08. The van der Waals surface area contributed by atoms with E-state index in [1.54, 1.807) is 17.4 Å². The number of hydrogen-bond acceptors (Lipinski definition) is 4. The summed E-state index contributed by atoms with van der Waals surface area (Å²) in [6.07, 6.45) is 4.50. The smallest absolute Gasteiger partial charge is 0.243 e. The fraction of sp³-hybridized carbons (Fsp3) is 0.0625. The Balaban J connectivity index is 1.77. The molecule has 100 valence electrons. The van der Waals surface area contributed by atoms with Gasteiger partial charge in [-0.05, 0) is 29.2 Å². The number of rotatable bonds is 3. The van der Waals surface area contributed by atoms with Crippen LogP contribution in [0.25, 0.3) is 12.2 Å². The third kappa shape index (κ3) is 3.04. The lowest BCUT2D eigenvalue weighted by molar-refractivity contribution is 0.0182. The Morgan fingerprint density at radius 2 is 1.95 bits per heavy atom. The van der Waals surface area contributed by atoms with Crippen LogP contribution in [0.5, 0.6) is 0 Å². The van der Waals surface area contributed by atoms with Gasteiger partial charge >= 0.3 is 0 Å². The molecule has 1 N–H and O–H groups in total. The molecule has 0 bridgehead atoms. The average Bonchev–Trinajstić information content (AvgIpc) is 3.09. The van der Waals surface area contributed by atoms with Crippen molar-refractivity contribution in [3.8, 4) is 0 Å². The van der Waals surface area contributed by atoms with Crippen LogP contribution in [0.3, 0.4) is 0 Å². The van der Waals surface area contributed by atoms with Gasteiger partial charge in [0, 0.05) is 11.0 Å². The maximum atomic E-state index is 9.82. The summed E-state index contributed by atoms with van der Waals surface area (Å²) < 4.78 is 5.30. The molecule has 2 heterocycles. The Labute approximate surface area is 121 Å². The van der Waals surface area contributed by atoms with Gasteiger partial charge in [-0.1, -0.05) is 36.4 Å². The standard InChI is InChI=1S/C16H13NO2S/c18-16-14(11-13-7-4-10-20-13)17-15(19-16)9-8-12-5-2-1-3-6-12/h1-11,16,18H/b9-8+,14-11+. The molecular weight excluding hydrogens is 270 g/mol. The van der Waals surface area contributed by atoms with Gasteiger partial charge in [-0.2, -0.15) is 0 Å². The van der Waals surface area contributed by atoms with E-state index in [0.29, 0.717) is 11.6 Å². The summed E-state index contributed by atoms with van der Waals surface area (Å²) in [7, 11) is 0. The van der Waals surface area contributed by atoms with Gasteiger partial charge in [0.2, 0.25) is 12.2 Å². The number of aliphatic hydroxyl groups excluding tert-OH is 1. The first-order valence-electron chi connectivity index (χ1n) is 6.23. The number of nitrogens with zero attached hydrogens (tertiary/aromatic N) is 1. The SMILES string of the molecule is OC1OC(/C=C/c2ccccc2)=NC/1=C/c1cccs1. The number of aliphatic imine (C=N–C) groups is 1. The van der Waals surface area contributed by atoms with Crippen LogP contribution in [0.15, 0.2) is 64.6 Å². The predicted molar refractivity (Wildman–Crippen MR) is 82.3 cm³/mol. The highest BCUT2D eigenvalue weighted by atomic mass is 32.1. The molecule has 0 radical (unpaired) electrons. The molecule has 0 fully saturated rings. The molecule has 20 heavy (non-hydrogen) atoms. The quantitative estimate of drug-likeness (QED) is 0.936. The molecule has 0 saturated carbocycles. The second-order valence-corrected chi connectivity index (χ2v) is 5.23. The Bertz CT molecular complexity index is 657. The minimum atomic E-state index is -0.993. The molecule has 4 heteroatoms. The van der Waals surface area contributed by atoms with Crippen molar-refractivity contribution < 1.29 is 9.84 Å². The van der Waals surface area contributed by atoms with Crippen molar-refractivity contribution in [2.45, 2.75) is 6.29 Å². The van der Waals surface area contributed by atoms with Gasteiger partial charge in [0.1, 0.15) is 5.70 Å². The van der Waals surface area contributed by atoms with Crippen molar-refractivity contribution >= 4 is 29.4 Å². The van der Waals surface area contributed by atoms with E-state index in [1.165, 1.54) is 0 Å². The first kappa shape index (κ1) is 12.8. The van der Waals surface area contributed by atoms with Crippen LogP contribution >= 0.6 is 11.3 Å². The van der Waals surface area contributed by atoms with Crippen molar-refractivity contribution in [1.29, 1.82) is 0 Å². The highest BCUT2D eigenvalue weighted by molar-refractivity contribution is 7.10. The molecule has 1 aromatic carbocycles. The Hall–Kier alpha value is -2.17.